The van der Waals surface area contributed by atoms with Crippen LogP contribution in [0.2, 0.25) is 0 Å². The Morgan fingerprint density at radius 3 is 2.81 bits per heavy atom. The first-order valence-electron chi connectivity index (χ1n) is 9.47. The Kier molecular flexibility index (Phi) is 3.03. The maximum Gasteiger partial charge on any atom is 0.154 e. The van der Waals surface area contributed by atoms with Crippen molar-refractivity contribution in [2.75, 3.05) is 0 Å². The van der Waals surface area contributed by atoms with Gasteiger partial charge in [0.15, 0.2) is 6.29 Å². The third kappa shape index (κ3) is 1.82. The molecule has 4 heteroatoms. The van der Waals surface area contributed by atoms with Gasteiger partial charge in [0.25, 0.3) is 0 Å². The van der Waals surface area contributed by atoms with Crippen molar-refractivity contribution in [3.05, 3.63) is 35.1 Å². The van der Waals surface area contributed by atoms with Crippen molar-refractivity contribution in [2.45, 2.75) is 58.0 Å². The lowest BCUT2D eigenvalue weighted by molar-refractivity contribution is 0.000624. The Labute approximate surface area is 153 Å². The van der Waals surface area contributed by atoms with E-state index in [1.165, 1.54) is 24.5 Å². The van der Waals surface area contributed by atoms with Gasteiger partial charge in [-0.3, -0.25) is 4.79 Å². The highest BCUT2D eigenvalue weighted by Crippen LogP contribution is 2.63. The summed E-state index contributed by atoms with van der Waals surface area (Å²) in [6.45, 7) is 7.11. The zero-order valence-electron chi connectivity index (χ0n) is 15.5. The summed E-state index contributed by atoms with van der Waals surface area (Å²) in [4.78, 5) is 11.6. The molecule has 1 aliphatic heterocycles. The number of phenols is 1. The van der Waals surface area contributed by atoms with Gasteiger partial charge in [0.1, 0.15) is 23.4 Å². The second-order valence-electron chi connectivity index (χ2n) is 9.04. The van der Waals surface area contributed by atoms with Crippen LogP contribution in [0.15, 0.2) is 22.8 Å². The number of aldehydes is 1. The fourth-order valence-electron chi connectivity index (χ4n) is 5.98. The number of hydrogen-bond acceptors (Lipinski definition) is 4. The van der Waals surface area contributed by atoms with E-state index in [1.807, 2.05) is 6.26 Å². The molecule has 1 unspecified atom stereocenters. The molecule has 1 saturated carbocycles. The number of carbonyl (C=O) groups is 1. The Morgan fingerprint density at radius 2 is 2.04 bits per heavy atom. The molecular formula is C22H24O4. The molecule has 1 N–H and O–H groups in total. The van der Waals surface area contributed by atoms with Crippen LogP contribution in [0, 0.1) is 11.3 Å². The summed E-state index contributed by atoms with van der Waals surface area (Å²) in [5.41, 5.74) is 3.47. The summed E-state index contributed by atoms with van der Waals surface area (Å²) in [7, 11) is 0. The Hall–Kier alpha value is -2.23. The first-order valence-corrected chi connectivity index (χ1v) is 9.47. The van der Waals surface area contributed by atoms with E-state index in [1.54, 1.807) is 6.07 Å². The highest BCUT2D eigenvalue weighted by atomic mass is 16.5. The van der Waals surface area contributed by atoms with Crippen LogP contribution in [0.5, 0.6) is 11.5 Å². The fraction of sp³-hybridized carbons (Fsp3) is 0.500. The second kappa shape index (κ2) is 4.93. The van der Waals surface area contributed by atoms with Gasteiger partial charge in [-0.05, 0) is 48.1 Å². The average molecular weight is 352 g/mol. The van der Waals surface area contributed by atoms with Crippen molar-refractivity contribution in [1.82, 2.24) is 0 Å². The number of hydrogen-bond donors (Lipinski definition) is 1. The molecule has 5 rings (SSSR count). The average Bonchev–Trinajstić information content (AvgIpc) is 3.04. The topological polar surface area (TPSA) is 59.7 Å². The van der Waals surface area contributed by atoms with Crippen molar-refractivity contribution in [2.24, 2.45) is 11.3 Å². The van der Waals surface area contributed by atoms with Crippen LogP contribution < -0.4 is 4.74 Å². The van der Waals surface area contributed by atoms with Crippen molar-refractivity contribution in [1.29, 1.82) is 0 Å². The molecule has 1 aromatic carbocycles. The third-order valence-electron chi connectivity index (χ3n) is 7.24. The van der Waals surface area contributed by atoms with E-state index < -0.39 is 0 Å². The summed E-state index contributed by atoms with van der Waals surface area (Å²) in [6.07, 6.45) is 7.06. The highest BCUT2D eigenvalue weighted by molar-refractivity contribution is 5.94. The van der Waals surface area contributed by atoms with E-state index >= 15 is 0 Å². The molecular weight excluding hydrogens is 328 g/mol. The van der Waals surface area contributed by atoms with E-state index in [2.05, 4.69) is 20.8 Å². The Morgan fingerprint density at radius 1 is 1.23 bits per heavy atom. The van der Waals surface area contributed by atoms with Crippen LogP contribution in [0.1, 0.15) is 74.0 Å². The van der Waals surface area contributed by atoms with Crippen LogP contribution in [-0.4, -0.2) is 11.4 Å². The molecule has 0 spiro atoms. The number of fused-ring (bicyclic) bond motifs is 4. The van der Waals surface area contributed by atoms with Gasteiger partial charge in [-0.2, -0.15) is 0 Å². The molecule has 0 bridgehead atoms. The molecule has 1 fully saturated rings. The summed E-state index contributed by atoms with van der Waals surface area (Å²) in [5.74, 6) is 1.81. The van der Waals surface area contributed by atoms with Gasteiger partial charge in [0.2, 0.25) is 0 Å². The minimum atomic E-state index is -0.0502. The number of ether oxygens (including phenoxy) is 1. The van der Waals surface area contributed by atoms with Crippen LogP contribution >= 0.6 is 0 Å². The number of rotatable bonds is 1. The molecule has 0 amide bonds. The van der Waals surface area contributed by atoms with Crippen LogP contribution in [0.4, 0.5) is 0 Å². The quantitative estimate of drug-likeness (QED) is 0.699. The van der Waals surface area contributed by atoms with E-state index in [0.29, 0.717) is 29.3 Å². The SMILES string of the molecule is CC1(C)CCC[C@]2(C)c3coc4c3C(C[C@@H]12)Oc1ccc(O)c(C=O)c1-4. The number of aromatic hydroxyl groups is 1. The molecule has 3 atom stereocenters. The van der Waals surface area contributed by atoms with Gasteiger partial charge in [-0.15, -0.1) is 0 Å². The lowest BCUT2D eigenvalue weighted by Gasteiger charge is -2.55. The summed E-state index contributed by atoms with van der Waals surface area (Å²) >= 11 is 0. The zero-order valence-corrected chi connectivity index (χ0v) is 15.5. The standard InChI is InChI=1S/C22H24O4/c1-21(2)7-4-8-22(3)13-11-25-20-18-12(10-23)14(24)5-6-15(18)26-16(19(13)20)9-17(21)22/h5-6,10-11,16-17,24H,4,7-9H2,1-3H3/t16?,17-,22+/m0/s1. The monoisotopic (exact) mass is 352 g/mol. The lowest BCUT2D eigenvalue weighted by atomic mass is 9.50. The molecule has 2 aliphatic carbocycles. The number of carbonyl (C=O) groups excluding carboxylic acids is 1. The lowest BCUT2D eigenvalue weighted by Crippen LogP contribution is -2.49. The maximum absolute atomic E-state index is 11.6. The van der Waals surface area contributed by atoms with E-state index in [0.717, 1.165) is 18.4 Å². The molecule has 26 heavy (non-hydrogen) atoms. The van der Waals surface area contributed by atoms with E-state index in [4.69, 9.17) is 9.15 Å². The Bertz CT molecular complexity index is 922. The second-order valence-corrected chi connectivity index (χ2v) is 9.04. The predicted octanol–water partition coefficient (Wildman–Crippen LogP) is 5.39. The van der Waals surface area contributed by atoms with E-state index in [9.17, 15) is 9.90 Å². The number of benzene rings is 1. The van der Waals surface area contributed by atoms with Gasteiger partial charge in [0, 0.05) is 11.1 Å². The van der Waals surface area contributed by atoms with Crippen molar-refractivity contribution in [3.63, 3.8) is 0 Å². The zero-order chi connectivity index (χ0) is 18.3. The normalized spacial score (nSPS) is 30.6. The van der Waals surface area contributed by atoms with Crippen LogP contribution in [0.3, 0.4) is 0 Å². The molecule has 136 valence electrons. The van der Waals surface area contributed by atoms with E-state index in [-0.39, 0.29) is 28.2 Å². The van der Waals surface area contributed by atoms with Gasteiger partial charge in [0.05, 0.1) is 17.4 Å². The van der Waals surface area contributed by atoms with Crippen molar-refractivity contribution >= 4 is 6.29 Å². The van der Waals surface area contributed by atoms with Crippen molar-refractivity contribution in [3.8, 4) is 22.8 Å². The molecule has 2 heterocycles. The first kappa shape index (κ1) is 16.0. The largest absolute Gasteiger partial charge is 0.507 e. The van der Waals surface area contributed by atoms with Gasteiger partial charge in [-0.1, -0.05) is 27.2 Å². The Balaban J connectivity index is 1.76. The third-order valence-corrected chi connectivity index (χ3v) is 7.24. The first-order chi connectivity index (χ1) is 12.4. The predicted molar refractivity (Wildman–Crippen MR) is 97.7 cm³/mol. The maximum atomic E-state index is 11.6. The molecule has 0 saturated heterocycles. The molecule has 4 nitrogen and oxygen atoms in total. The molecule has 2 aromatic rings. The smallest absolute Gasteiger partial charge is 0.154 e. The fourth-order valence-corrected chi connectivity index (χ4v) is 5.98. The summed E-state index contributed by atoms with van der Waals surface area (Å²) in [5, 5.41) is 10.1. The van der Waals surface area contributed by atoms with Gasteiger partial charge in [-0.25, -0.2) is 0 Å². The van der Waals surface area contributed by atoms with Crippen LogP contribution in [0.25, 0.3) is 11.3 Å². The minimum Gasteiger partial charge on any atom is -0.507 e. The molecule has 1 aromatic heterocycles. The number of furan rings is 1. The van der Waals surface area contributed by atoms with Gasteiger partial charge < -0.3 is 14.3 Å². The highest BCUT2D eigenvalue weighted by Gasteiger charge is 2.55. The van der Waals surface area contributed by atoms with Crippen molar-refractivity contribution < 1.29 is 19.1 Å². The summed E-state index contributed by atoms with van der Waals surface area (Å²) in [6, 6.07) is 3.26. The van der Waals surface area contributed by atoms with Crippen LogP contribution in [-0.2, 0) is 5.41 Å². The van der Waals surface area contributed by atoms with Gasteiger partial charge >= 0.3 is 0 Å². The number of phenolic OH excluding ortho intramolecular Hbond substituents is 1. The minimum absolute atomic E-state index is 0.0374. The molecule has 3 aliphatic rings. The molecule has 0 radical (unpaired) electrons. The summed E-state index contributed by atoms with van der Waals surface area (Å²) < 4.78 is 12.4.